The first-order valence-electron chi connectivity index (χ1n) is 6.03. The summed E-state index contributed by atoms with van der Waals surface area (Å²) in [5, 5.41) is 6.18. The van der Waals surface area contributed by atoms with Crippen molar-refractivity contribution in [1.29, 1.82) is 0 Å². The van der Waals surface area contributed by atoms with E-state index in [1.54, 1.807) is 0 Å². The van der Waals surface area contributed by atoms with Crippen molar-refractivity contribution in [2.45, 2.75) is 6.42 Å². The highest BCUT2D eigenvalue weighted by Crippen LogP contribution is 2.13. The molecule has 0 aromatic heterocycles. The highest BCUT2D eigenvalue weighted by atomic mass is 14.8. The van der Waals surface area contributed by atoms with Gasteiger partial charge in [-0.3, -0.25) is 0 Å². The van der Waals surface area contributed by atoms with Gasteiger partial charge in [0.25, 0.3) is 0 Å². The highest BCUT2D eigenvalue weighted by Gasteiger charge is 1.96. The van der Waals surface area contributed by atoms with E-state index in [0.717, 1.165) is 24.2 Å². The summed E-state index contributed by atoms with van der Waals surface area (Å²) in [5.74, 6) is 2.59. The van der Waals surface area contributed by atoms with Crippen molar-refractivity contribution in [1.82, 2.24) is 5.32 Å². The molecular formula is C16H20N2. The predicted octanol–water partition coefficient (Wildman–Crippen LogP) is 2.61. The number of benzene rings is 1. The molecule has 94 valence electrons. The minimum absolute atomic E-state index is 0.848. The van der Waals surface area contributed by atoms with Crippen molar-refractivity contribution >= 4 is 5.69 Å². The molecule has 1 aromatic rings. The van der Waals surface area contributed by atoms with Crippen LogP contribution in [0.5, 0.6) is 0 Å². The van der Waals surface area contributed by atoms with Gasteiger partial charge >= 0.3 is 0 Å². The van der Waals surface area contributed by atoms with E-state index in [2.05, 4.69) is 53.0 Å². The largest absolute Gasteiger partial charge is 0.388 e. The van der Waals surface area contributed by atoms with Crippen molar-refractivity contribution in [2.75, 3.05) is 26.0 Å². The molecule has 0 aliphatic carbocycles. The molecule has 18 heavy (non-hydrogen) atoms. The fourth-order valence-electron chi connectivity index (χ4n) is 1.62. The molecule has 0 saturated heterocycles. The van der Waals surface area contributed by atoms with Crippen LogP contribution in [-0.2, 0) is 6.42 Å². The maximum Gasteiger partial charge on any atom is 0.0337 e. The third-order valence-electron chi connectivity index (χ3n) is 2.57. The molecule has 0 fully saturated rings. The number of allylic oxidation sites excluding steroid dienone is 3. The number of nitrogens with one attached hydrogen (secondary N) is 2. The van der Waals surface area contributed by atoms with Crippen LogP contribution in [0.1, 0.15) is 5.56 Å². The molecule has 0 radical (unpaired) electrons. The molecule has 0 aliphatic heterocycles. The van der Waals surface area contributed by atoms with Gasteiger partial charge in [0, 0.05) is 19.3 Å². The Bertz CT molecular complexity index is 447. The van der Waals surface area contributed by atoms with Gasteiger partial charge in [-0.05, 0) is 42.8 Å². The minimum atomic E-state index is 0.848. The Labute approximate surface area is 110 Å². The zero-order valence-electron chi connectivity index (χ0n) is 11.0. The van der Waals surface area contributed by atoms with E-state index in [1.165, 1.54) is 5.56 Å². The quantitative estimate of drug-likeness (QED) is 0.590. The average molecular weight is 240 g/mol. The third-order valence-corrected chi connectivity index (χ3v) is 2.57. The van der Waals surface area contributed by atoms with Crippen LogP contribution in [0.25, 0.3) is 0 Å². The molecule has 0 unspecified atom stereocenters. The number of anilines is 1. The summed E-state index contributed by atoms with van der Waals surface area (Å²) in [6, 6.07) is 8.37. The minimum Gasteiger partial charge on any atom is -0.388 e. The zero-order chi connectivity index (χ0) is 13.2. The first kappa shape index (κ1) is 14.1. The molecule has 2 heteroatoms. The lowest BCUT2D eigenvalue weighted by Gasteiger charge is -2.04. The SMILES string of the molecule is C#C/C=C(\C=C/CNC)Cc1ccc(NC)cc1. The van der Waals surface area contributed by atoms with Crippen LogP contribution < -0.4 is 10.6 Å². The van der Waals surface area contributed by atoms with Crippen molar-refractivity contribution in [3.8, 4) is 12.3 Å². The fourth-order valence-corrected chi connectivity index (χ4v) is 1.62. The second kappa shape index (κ2) is 8.16. The monoisotopic (exact) mass is 240 g/mol. The van der Waals surface area contributed by atoms with Gasteiger partial charge < -0.3 is 10.6 Å². The van der Waals surface area contributed by atoms with Crippen molar-refractivity contribution < 1.29 is 0 Å². The third kappa shape index (κ3) is 4.90. The van der Waals surface area contributed by atoms with E-state index in [1.807, 2.05) is 20.2 Å². The summed E-state index contributed by atoms with van der Waals surface area (Å²) in [4.78, 5) is 0. The number of likely N-dealkylation sites (N-methyl/N-ethyl adjacent to an activating group) is 1. The van der Waals surface area contributed by atoms with Gasteiger partial charge in [0.05, 0.1) is 0 Å². The summed E-state index contributed by atoms with van der Waals surface area (Å²) in [7, 11) is 3.84. The van der Waals surface area contributed by atoms with Gasteiger partial charge in [-0.2, -0.15) is 0 Å². The van der Waals surface area contributed by atoms with Crippen molar-refractivity contribution in [3.05, 3.63) is 53.6 Å². The number of hydrogen-bond donors (Lipinski definition) is 2. The maximum absolute atomic E-state index is 5.35. The molecule has 0 heterocycles. The molecule has 1 aromatic carbocycles. The molecule has 0 spiro atoms. The summed E-state index contributed by atoms with van der Waals surface area (Å²) < 4.78 is 0. The lowest BCUT2D eigenvalue weighted by atomic mass is 10.0. The van der Waals surface area contributed by atoms with Crippen LogP contribution in [0.4, 0.5) is 5.69 Å². The number of terminal acetylenes is 1. The predicted molar refractivity (Wildman–Crippen MR) is 79.7 cm³/mol. The van der Waals surface area contributed by atoms with E-state index in [0.29, 0.717) is 0 Å². The van der Waals surface area contributed by atoms with Gasteiger partial charge in [0.2, 0.25) is 0 Å². The Morgan fingerprint density at radius 1 is 1.28 bits per heavy atom. The molecule has 0 saturated carbocycles. The molecule has 2 nitrogen and oxygen atoms in total. The van der Waals surface area contributed by atoms with Crippen LogP contribution >= 0.6 is 0 Å². The van der Waals surface area contributed by atoms with Crippen LogP contribution in [0, 0.1) is 12.3 Å². The second-order valence-electron chi connectivity index (χ2n) is 3.97. The summed E-state index contributed by atoms with van der Waals surface area (Å²) in [6.07, 6.45) is 12.2. The summed E-state index contributed by atoms with van der Waals surface area (Å²) in [5.41, 5.74) is 3.52. The number of hydrogen-bond acceptors (Lipinski definition) is 2. The Kier molecular flexibility index (Phi) is 6.38. The van der Waals surface area contributed by atoms with Crippen molar-refractivity contribution in [3.63, 3.8) is 0 Å². The lowest BCUT2D eigenvalue weighted by Crippen LogP contribution is -2.04. The van der Waals surface area contributed by atoms with Gasteiger partial charge in [-0.15, -0.1) is 6.42 Å². The normalized spacial score (nSPS) is 11.5. The van der Waals surface area contributed by atoms with Crippen LogP contribution in [0.15, 0.2) is 48.1 Å². The highest BCUT2D eigenvalue weighted by molar-refractivity contribution is 5.45. The first-order valence-corrected chi connectivity index (χ1v) is 6.03. The van der Waals surface area contributed by atoms with Crippen LogP contribution in [0.2, 0.25) is 0 Å². The molecule has 0 aliphatic rings. The topological polar surface area (TPSA) is 24.1 Å². The molecule has 0 bridgehead atoms. The molecule has 0 amide bonds. The Hall–Kier alpha value is -1.98. The Balaban J connectivity index is 2.71. The molecule has 2 N–H and O–H groups in total. The molecular weight excluding hydrogens is 220 g/mol. The van der Waals surface area contributed by atoms with Crippen LogP contribution in [-0.4, -0.2) is 20.6 Å². The Morgan fingerprint density at radius 3 is 2.56 bits per heavy atom. The second-order valence-corrected chi connectivity index (χ2v) is 3.97. The van der Waals surface area contributed by atoms with Gasteiger partial charge in [0.15, 0.2) is 0 Å². The first-order chi connectivity index (χ1) is 8.80. The van der Waals surface area contributed by atoms with E-state index < -0.39 is 0 Å². The lowest BCUT2D eigenvalue weighted by molar-refractivity contribution is 0.918. The zero-order valence-corrected chi connectivity index (χ0v) is 11.0. The van der Waals surface area contributed by atoms with Gasteiger partial charge in [0.1, 0.15) is 0 Å². The Morgan fingerprint density at radius 2 is 2.00 bits per heavy atom. The van der Waals surface area contributed by atoms with Gasteiger partial charge in [-0.1, -0.05) is 30.2 Å². The van der Waals surface area contributed by atoms with Gasteiger partial charge in [-0.25, -0.2) is 0 Å². The van der Waals surface area contributed by atoms with E-state index in [-0.39, 0.29) is 0 Å². The van der Waals surface area contributed by atoms with E-state index >= 15 is 0 Å². The smallest absolute Gasteiger partial charge is 0.0337 e. The molecule has 1 rings (SSSR count). The standard InChI is InChI=1S/C16H20N2/c1-4-6-14(7-5-12-17-2)13-15-8-10-16(18-3)11-9-15/h1,5-11,17-18H,12-13H2,2-3H3/b7-5-,14-6+. The maximum atomic E-state index is 5.35. The molecule has 0 atom stereocenters. The summed E-state index contributed by atoms with van der Waals surface area (Å²) in [6.45, 7) is 0.848. The fraction of sp³-hybridized carbons (Fsp3) is 0.250. The van der Waals surface area contributed by atoms with E-state index in [9.17, 15) is 0 Å². The average Bonchev–Trinajstić information content (AvgIpc) is 2.40. The number of rotatable bonds is 6. The van der Waals surface area contributed by atoms with Crippen molar-refractivity contribution in [2.24, 2.45) is 0 Å². The summed E-state index contributed by atoms with van der Waals surface area (Å²) >= 11 is 0. The van der Waals surface area contributed by atoms with Crippen LogP contribution in [0.3, 0.4) is 0 Å². The van der Waals surface area contributed by atoms with E-state index in [4.69, 9.17) is 6.42 Å².